The van der Waals surface area contributed by atoms with Crippen molar-refractivity contribution in [3.63, 3.8) is 0 Å². The highest BCUT2D eigenvalue weighted by Crippen LogP contribution is 2.43. The number of carboxylic acid groups (broad SMARTS) is 1. The molecule has 0 fully saturated rings. The molecule has 12 heteroatoms. The Labute approximate surface area is 338 Å². The van der Waals surface area contributed by atoms with E-state index in [1.54, 1.807) is 0 Å². The van der Waals surface area contributed by atoms with E-state index in [0.29, 0.717) is 19.3 Å². The van der Waals surface area contributed by atoms with Gasteiger partial charge in [-0.3, -0.25) is 23.4 Å². The molecule has 0 aliphatic rings. The Hall–Kier alpha value is -2.82. The molecule has 0 aliphatic heterocycles. The Bertz CT molecular complexity index is 1180. The van der Waals surface area contributed by atoms with Gasteiger partial charge < -0.3 is 25.2 Å². The van der Waals surface area contributed by atoms with Crippen LogP contribution in [-0.4, -0.2) is 59.9 Å². The summed E-state index contributed by atoms with van der Waals surface area (Å²) in [4.78, 5) is 45.9. The number of carbonyl (C=O) groups excluding carboxylic acids is 2. The monoisotopic (exact) mass is 810 g/mol. The molecule has 0 aromatic heterocycles. The molecule has 0 saturated carbocycles. The first-order valence-electron chi connectivity index (χ1n) is 21.3. The first-order chi connectivity index (χ1) is 27.1. The van der Waals surface area contributed by atoms with Crippen LogP contribution in [0.2, 0.25) is 0 Å². The highest BCUT2D eigenvalue weighted by atomic mass is 31.2. The molecule has 0 amide bonds. The van der Waals surface area contributed by atoms with Crippen molar-refractivity contribution in [3.05, 3.63) is 60.8 Å². The molecule has 3 atom stereocenters. The number of unbranched alkanes of at least 4 members (excludes halogenated alkanes) is 15. The van der Waals surface area contributed by atoms with Crippen LogP contribution in [0.4, 0.5) is 0 Å². The van der Waals surface area contributed by atoms with Crippen molar-refractivity contribution in [3.8, 4) is 0 Å². The maximum Gasteiger partial charge on any atom is 0.472 e. The fraction of sp³-hybridized carbons (Fsp3) is 0.705. The van der Waals surface area contributed by atoms with Gasteiger partial charge in [-0.05, 0) is 51.4 Å². The van der Waals surface area contributed by atoms with E-state index in [9.17, 15) is 23.8 Å². The summed E-state index contributed by atoms with van der Waals surface area (Å²) in [6, 6.07) is -1.53. The maximum atomic E-state index is 12.6. The smallest absolute Gasteiger partial charge is 0.472 e. The molecule has 0 aromatic carbocycles. The molecule has 0 bridgehead atoms. The lowest BCUT2D eigenvalue weighted by molar-refractivity contribution is -0.161. The highest BCUT2D eigenvalue weighted by molar-refractivity contribution is 7.47. The topological polar surface area (TPSA) is 172 Å². The first kappa shape index (κ1) is 53.2. The molecule has 0 spiro atoms. The van der Waals surface area contributed by atoms with Crippen LogP contribution in [0.5, 0.6) is 0 Å². The van der Waals surface area contributed by atoms with Crippen LogP contribution in [0.3, 0.4) is 0 Å². The fourth-order valence-corrected chi connectivity index (χ4v) is 6.23. The molecule has 0 aromatic rings. The summed E-state index contributed by atoms with van der Waals surface area (Å²) in [5.41, 5.74) is 5.32. The van der Waals surface area contributed by atoms with Crippen LogP contribution in [0.25, 0.3) is 0 Å². The average Bonchev–Trinajstić information content (AvgIpc) is 3.17. The summed E-state index contributed by atoms with van der Waals surface area (Å²) < 4.78 is 32.6. The minimum Gasteiger partial charge on any atom is -0.480 e. The summed E-state index contributed by atoms with van der Waals surface area (Å²) in [6.45, 7) is 2.63. The largest absolute Gasteiger partial charge is 0.480 e. The number of aliphatic carboxylic acids is 1. The Balaban J connectivity index is 4.48. The second-order valence-electron chi connectivity index (χ2n) is 14.1. The number of carbonyl (C=O) groups is 3. The van der Waals surface area contributed by atoms with Gasteiger partial charge in [-0.25, -0.2) is 4.57 Å². The molecule has 11 nitrogen and oxygen atoms in total. The Kier molecular flexibility index (Phi) is 37.1. The quantitative estimate of drug-likeness (QED) is 0.0233. The van der Waals surface area contributed by atoms with Gasteiger partial charge in [0, 0.05) is 12.8 Å². The molecule has 0 rings (SSSR count). The molecule has 1 unspecified atom stereocenters. The summed E-state index contributed by atoms with van der Waals surface area (Å²) in [6.07, 6.45) is 44.4. The lowest BCUT2D eigenvalue weighted by atomic mass is 10.0. The molecule has 322 valence electrons. The molecule has 0 saturated heterocycles. The van der Waals surface area contributed by atoms with Crippen molar-refractivity contribution in [1.82, 2.24) is 0 Å². The van der Waals surface area contributed by atoms with E-state index in [4.69, 9.17) is 24.8 Å². The SMILES string of the molecule is CC/C=C/C/C=C/C/C=C/C/C=C/C/C=C/CCCC(=O)O[C@H](COC(=O)CCCCCCCCCCCCCCCCC)COP(=O)(O)OC[C@H](N)C(=O)O. The second kappa shape index (κ2) is 39.0. The standard InChI is InChI=1S/C44H76NO10P/c1-3-5-7-9-11-13-15-17-19-20-22-24-26-28-30-32-34-36-43(47)55-40(38-53-56(50,51)54-39-41(45)44(48)49)37-52-42(46)35-33-31-29-27-25-23-21-18-16-14-12-10-8-6-4-2/h5,7,11,13,17,19,22,24,28,30,40-41H,3-4,6,8-10,12,14-16,18,20-21,23,25-27,29,31-39,45H2,1-2H3,(H,48,49)(H,50,51)/b7-5+,13-11+,19-17+,24-22+,30-28+/t40-,41+/m1/s1. The van der Waals surface area contributed by atoms with Crippen molar-refractivity contribution in [2.75, 3.05) is 19.8 Å². The lowest BCUT2D eigenvalue weighted by Gasteiger charge is -2.20. The molecule has 0 aliphatic carbocycles. The number of hydrogen-bond donors (Lipinski definition) is 3. The van der Waals surface area contributed by atoms with Crippen LogP contribution in [0, 0.1) is 0 Å². The van der Waals surface area contributed by atoms with Crippen molar-refractivity contribution < 1.29 is 47.5 Å². The Morgan fingerprint density at radius 1 is 0.571 bits per heavy atom. The zero-order valence-electron chi connectivity index (χ0n) is 34.7. The Morgan fingerprint density at radius 2 is 1.00 bits per heavy atom. The van der Waals surface area contributed by atoms with Gasteiger partial charge in [0.15, 0.2) is 6.10 Å². The average molecular weight is 810 g/mol. The van der Waals surface area contributed by atoms with Gasteiger partial charge in [-0.15, -0.1) is 0 Å². The van der Waals surface area contributed by atoms with E-state index in [2.05, 4.69) is 67.0 Å². The molecule has 56 heavy (non-hydrogen) atoms. The van der Waals surface area contributed by atoms with Crippen molar-refractivity contribution in [1.29, 1.82) is 0 Å². The van der Waals surface area contributed by atoms with Crippen molar-refractivity contribution in [2.24, 2.45) is 5.73 Å². The summed E-state index contributed by atoms with van der Waals surface area (Å²) in [5.74, 6) is -2.46. The fourth-order valence-electron chi connectivity index (χ4n) is 5.45. The zero-order valence-corrected chi connectivity index (χ0v) is 35.6. The predicted molar refractivity (Wildman–Crippen MR) is 226 cm³/mol. The minimum atomic E-state index is -4.73. The third-order valence-corrected chi connectivity index (χ3v) is 9.73. The second-order valence-corrected chi connectivity index (χ2v) is 15.6. The molecular formula is C44H76NO10P. The highest BCUT2D eigenvalue weighted by Gasteiger charge is 2.28. The third kappa shape index (κ3) is 38.1. The minimum absolute atomic E-state index is 0.0820. The predicted octanol–water partition coefficient (Wildman–Crippen LogP) is 11.2. The van der Waals surface area contributed by atoms with E-state index in [1.807, 2.05) is 12.2 Å². The number of rotatable bonds is 39. The van der Waals surface area contributed by atoms with Crippen molar-refractivity contribution >= 4 is 25.7 Å². The molecular weight excluding hydrogens is 733 g/mol. The van der Waals surface area contributed by atoms with E-state index < -0.39 is 51.1 Å². The van der Waals surface area contributed by atoms with Crippen LogP contribution < -0.4 is 5.73 Å². The summed E-state index contributed by atoms with van der Waals surface area (Å²) >= 11 is 0. The number of allylic oxidation sites excluding steroid dienone is 10. The third-order valence-electron chi connectivity index (χ3n) is 8.78. The molecule has 0 radical (unpaired) electrons. The molecule has 4 N–H and O–H groups in total. The normalized spacial score (nSPS) is 14.4. The Morgan fingerprint density at radius 3 is 1.48 bits per heavy atom. The van der Waals surface area contributed by atoms with Crippen molar-refractivity contribution in [2.45, 2.75) is 180 Å². The lowest BCUT2D eigenvalue weighted by Crippen LogP contribution is -2.34. The van der Waals surface area contributed by atoms with Gasteiger partial charge in [0.2, 0.25) is 0 Å². The van der Waals surface area contributed by atoms with E-state index in [1.165, 1.54) is 70.6 Å². The number of hydrogen-bond acceptors (Lipinski definition) is 9. The van der Waals surface area contributed by atoms with E-state index in [-0.39, 0.29) is 19.4 Å². The number of phosphoric ester groups is 1. The number of esters is 2. The van der Waals surface area contributed by atoms with Gasteiger partial charge in [-0.1, -0.05) is 164 Å². The number of ether oxygens (including phenoxy) is 2. The number of nitrogens with two attached hydrogens (primary N) is 1. The van der Waals surface area contributed by atoms with Crippen LogP contribution in [-0.2, 0) is 37.5 Å². The summed E-state index contributed by atoms with van der Waals surface area (Å²) in [7, 11) is -4.73. The van der Waals surface area contributed by atoms with E-state index >= 15 is 0 Å². The van der Waals surface area contributed by atoms with Crippen LogP contribution in [0.1, 0.15) is 168 Å². The molecule has 0 heterocycles. The summed E-state index contributed by atoms with van der Waals surface area (Å²) in [5, 5.41) is 8.88. The van der Waals surface area contributed by atoms with Gasteiger partial charge in [-0.2, -0.15) is 0 Å². The van der Waals surface area contributed by atoms with Gasteiger partial charge in [0.25, 0.3) is 0 Å². The van der Waals surface area contributed by atoms with E-state index in [0.717, 1.165) is 51.4 Å². The zero-order chi connectivity index (χ0) is 41.4. The van der Waals surface area contributed by atoms with Gasteiger partial charge in [0.05, 0.1) is 13.2 Å². The first-order valence-corrected chi connectivity index (χ1v) is 22.8. The maximum absolute atomic E-state index is 12.6. The number of phosphoric acid groups is 1. The van der Waals surface area contributed by atoms with Gasteiger partial charge in [0.1, 0.15) is 12.6 Å². The van der Waals surface area contributed by atoms with Gasteiger partial charge >= 0.3 is 25.7 Å². The van der Waals surface area contributed by atoms with Crippen LogP contribution in [0.15, 0.2) is 60.8 Å². The van der Waals surface area contributed by atoms with Crippen LogP contribution >= 0.6 is 7.82 Å². The number of carboxylic acids is 1.